The van der Waals surface area contributed by atoms with Gasteiger partial charge in [-0.15, -0.1) is 0 Å². The highest BCUT2D eigenvalue weighted by Gasteiger charge is 2.37. The van der Waals surface area contributed by atoms with E-state index in [9.17, 15) is 19.8 Å². The smallest absolute Gasteiger partial charge is 0.310 e. The van der Waals surface area contributed by atoms with Crippen LogP contribution < -0.4 is 5.32 Å². The second-order valence-electron chi connectivity index (χ2n) is 4.38. The minimum atomic E-state index is -1.02. The summed E-state index contributed by atoms with van der Waals surface area (Å²) in [5, 5.41) is 21.1. The maximum atomic E-state index is 11.7. The molecule has 0 rings (SSSR count). The Hall–Kier alpha value is -1.14. The molecule has 18 heavy (non-hydrogen) atoms. The monoisotopic (exact) mass is 261 g/mol. The van der Waals surface area contributed by atoms with E-state index in [0.717, 1.165) is 0 Å². The van der Waals surface area contributed by atoms with Crippen LogP contribution in [0.25, 0.3) is 0 Å². The lowest BCUT2D eigenvalue weighted by Gasteiger charge is -2.26. The van der Waals surface area contributed by atoms with Crippen molar-refractivity contribution in [1.29, 1.82) is 0 Å². The molecule has 0 aromatic carbocycles. The van der Waals surface area contributed by atoms with Gasteiger partial charge in [-0.1, -0.05) is 13.8 Å². The van der Waals surface area contributed by atoms with Gasteiger partial charge in [0.25, 0.3) is 0 Å². The van der Waals surface area contributed by atoms with Crippen molar-refractivity contribution in [2.75, 3.05) is 20.3 Å². The topological polar surface area (TPSA) is 95.9 Å². The summed E-state index contributed by atoms with van der Waals surface area (Å²) in [5.41, 5.74) is -1.02. The van der Waals surface area contributed by atoms with Gasteiger partial charge in [-0.25, -0.2) is 0 Å². The van der Waals surface area contributed by atoms with E-state index in [-0.39, 0.29) is 25.5 Å². The molecule has 1 amide bonds. The number of hydrogen-bond acceptors (Lipinski definition) is 4. The summed E-state index contributed by atoms with van der Waals surface area (Å²) in [6.07, 6.45) is -0.0594. The van der Waals surface area contributed by atoms with Gasteiger partial charge in [0, 0.05) is 20.1 Å². The molecule has 0 heterocycles. The minimum Gasteiger partial charge on any atom is -0.481 e. The minimum absolute atomic E-state index is 0.0653. The van der Waals surface area contributed by atoms with Crippen LogP contribution in [0.3, 0.4) is 0 Å². The van der Waals surface area contributed by atoms with Crippen LogP contribution in [0.4, 0.5) is 0 Å². The fourth-order valence-corrected chi connectivity index (χ4v) is 1.73. The number of aliphatic hydroxyl groups excluding tert-OH is 1. The third-order valence-corrected chi connectivity index (χ3v) is 3.20. The first-order chi connectivity index (χ1) is 8.41. The molecule has 6 heteroatoms. The van der Waals surface area contributed by atoms with Crippen molar-refractivity contribution in [2.24, 2.45) is 5.41 Å². The molecule has 0 bridgehead atoms. The van der Waals surface area contributed by atoms with Crippen molar-refractivity contribution in [3.8, 4) is 0 Å². The Bertz CT molecular complexity index is 276. The van der Waals surface area contributed by atoms with Crippen LogP contribution in [-0.2, 0) is 14.3 Å². The van der Waals surface area contributed by atoms with Crippen molar-refractivity contribution < 1.29 is 24.5 Å². The van der Waals surface area contributed by atoms with Crippen LogP contribution in [-0.4, -0.2) is 48.5 Å². The third kappa shape index (κ3) is 5.01. The van der Waals surface area contributed by atoms with Crippen LogP contribution in [0.5, 0.6) is 0 Å². The molecule has 0 aromatic heterocycles. The fourth-order valence-electron chi connectivity index (χ4n) is 1.73. The summed E-state index contributed by atoms with van der Waals surface area (Å²) in [4.78, 5) is 22.9. The first-order valence-corrected chi connectivity index (χ1v) is 6.09. The quantitative estimate of drug-likeness (QED) is 0.558. The Balaban J connectivity index is 4.32. The maximum Gasteiger partial charge on any atom is 0.310 e. The molecule has 0 aliphatic heterocycles. The highest BCUT2D eigenvalue weighted by Crippen LogP contribution is 2.30. The Labute approximate surface area is 107 Å². The number of carbonyl (C=O) groups is 2. The zero-order chi connectivity index (χ0) is 14.2. The van der Waals surface area contributed by atoms with E-state index in [1.807, 2.05) is 0 Å². The SMILES string of the molecule is CCC(CC)(CC(=O)NCC(O)COC)C(=O)O. The number of amides is 1. The van der Waals surface area contributed by atoms with E-state index in [0.29, 0.717) is 12.8 Å². The maximum absolute atomic E-state index is 11.7. The van der Waals surface area contributed by atoms with Crippen LogP contribution >= 0.6 is 0 Å². The van der Waals surface area contributed by atoms with Crippen molar-refractivity contribution >= 4 is 11.9 Å². The van der Waals surface area contributed by atoms with E-state index in [2.05, 4.69) is 5.32 Å². The van der Waals surface area contributed by atoms with Crippen LogP contribution in [0, 0.1) is 5.41 Å². The lowest BCUT2D eigenvalue weighted by molar-refractivity contribution is -0.152. The second-order valence-corrected chi connectivity index (χ2v) is 4.38. The third-order valence-electron chi connectivity index (χ3n) is 3.20. The molecular formula is C12H23NO5. The highest BCUT2D eigenvalue weighted by atomic mass is 16.5. The van der Waals surface area contributed by atoms with Crippen LogP contribution in [0.2, 0.25) is 0 Å². The summed E-state index contributed by atoms with van der Waals surface area (Å²) in [5.74, 6) is -1.32. The van der Waals surface area contributed by atoms with Gasteiger partial charge in [-0.05, 0) is 12.8 Å². The Kier molecular flexibility index (Phi) is 7.54. The Morgan fingerprint density at radius 2 is 1.89 bits per heavy atom. The molecule has 0 spiro atoms. The summed E-state index contributed by atoms with van der Waals surface area (Å²) >= 11 is 0. The molecule has 1 unspecified atom stereocenters. The predicted octanol–water partition coefficient (Wildman–Crippen LogP) is 0.391. The molecule has 3 N–H and O–H groups in total. The zero-order valence-electron chi connectivity index (χ0n) is 11.2. The molecule has 1 atom stereocenters. The summed E-state index contributed by atoms with van der Waals surface area (Å²) in [6.45, 7) is 3.71. The van der Waals surface area contributed by atoms with Gasteiger partial charge in [-0.2, -0.15) is 0 Å². The first-order valence-electron chi connectivity index (χ1n) is 6.09. The number of nitrogens with one attached hydrogen (secondary N) is 1. The summed E-state index contributed by atoms with van der Waals surface area (Å²) in [7, 11) is 1.45. The van der Waals surface area contributed by atoms with Gasteiger partial charge >= 0.3 is 5.97 Å². The van der Waals surface area contributed by atoms with E-state index >= 15 is 0 Å². The number of aliphatic hydroxyl groups is 1. The molecule has 0 saturated carbocycles. The van der Waals surface area contributed by atoms with Gasteiger partial charge in [0.1, 0.15) is 0 Å². The Morgan fingerprint density at radius 1 is 1.33 bits per heavy atom. The van der Waals surface area contributed by atoms with Crippen molar-refractivity contribution in [3.05, 3.63) is 0 Å². The van der Waals surface area contributed by atoms with Crippen molar-refractivity contribution in [3.63, 3.8) is 0 Å². The number of hydrogen-bond donors (Lipinski definition) is 3. The number of rotatable bonds is 9. The first kappa shape index (κ1) is 16.9. The number of methoxy groups -OCH3 is 1. The molecule has 0 saturated heterocycles. The van der Waals surface area contributed by atoms with E-state index in [1.54, 1.807) is 13.8 Å². The van der Waals surface area contributed by atoms with E-state index in [4.69, 9.17) is 4.74 Å². The second kappa shape index (κ2) is 8.05. The Morgan fingerprint density at radius 3 is 2.28 bits per heavy atom. The summed E-state index contributed by atoms with van der Waals surface area (Å²) < 4.78 is 4.72. The zero-order valence-corrected chi connectivity index (χ0v) is 11.2. The van der Waals surface area contributed by atoms with Crippen LogP contribution in [0.15, 0.2) is 0 Å². The normalized spacial score (nSPS) is 13.1. The molecule has 106 valence electrons. The average molecular weight is 261 g/mol. The largest absolute Gasteiger partial charge is 0.481 e. The standard InChI is InChI=1S/C12H23NO5/c1-4-12(5-2,11(16)17)6-10(15)13-7-9(14)8-18-3/h9,14H,4-8H2,1-3H3,(H,13,15)(H,16,17). The molecular weight excluding hydrogens is 238 g/mol. The molecule has 0 aromatic rings. The van der Waals surface area contributed by atoms with Gasteiger partial charge in [0.05, 0.1) is 18.1 Å². The molecule has 6 nitrogen and oxygen atoms in total. The van der Waals surface area contributed by atoms with Gasteiger partial charge in [-0.3, -0.25) is 9.59 Å². The lowest BCUT2D eigenvalue weighted by atomic mass is 9.79. The van der Waals surface area contributed by atoms with E-state index in [1.165, 1.54) is 7.11 Å². The van der Waals surface area contributed by atoms with E-state index < -0.39 is 17.5 Å². The predicted molar refractivity (Wildman–Crippen MR) is 66.2 cm³/mol. The number of aliphatic carboxylic acids is 1. The fraction of sp³-hybridized carbons (Fsp3) is 0.833. The van der Waals surface area contributed by atoms with Crippen LogP contribution in [0.1, 0.15) is 33.1 Å². The van der Waals surface area contributed by atoms with Gasteiger partial charge < -0.3 is 20.3 Å². The van der Waals surface area contributed by atoms with Gasteiger partial charge in [0.2, 0.25) is 5.91 Å². The van der Waals surface area contributed by atoms with Gasteiger partial charge in [0.15, 0.2) is 0 Å². The summed E-state index contributed by atoms with van der Waals surface area (Å²) in [6, 6.07) is 0. The molecule has 0 aliphatic carbocycles. The average Bonchev–Trinajstić information content (AvgIpc) is 2.33. The number of ether oxygens (including phenoxy) is 1. The van der Waals surface area contributed by atoms with Crippen molar-refractivity contribution in [2.45, 2.75) is 39.2 Å². The molecule has 0 fully saturated rings. The highest BCUT2D eigenvalue weighted by molar-refractivity contribution is 5.84. The number of carboxylic acid groups (broad SMARTS) is 1. The molecule has 0 radical (unpaired) electrons. The van der Waals surface area contributed by atoms with Crippen molar-refractivity contribution in [1.82, 2.24) is 5.32 Å². The number of carbonyl (C=O) groups excluding carboxylic acids is 1. The number of carboxylic acids is 1. The molecule has 0 aliphatic rings. The lowest BCUT2D eigenvalue weighted by Crippen LogP contribution is -2.40.